The maximum absolute atomic E-state index is 6.11. The molecule has 1 N–H and O–H groups in total. The van der Waals surface area contributed by atoms with Crippen LogP contribution in [0.4, 0.5) is 0 Å². The maximum Gasteiger partial charge on any atom is 0.0813 e. The van der Waals surface area contributed by atoms with Crippen LogP contribution in [-0.4, -0.2) is 12.1 Å². The Morgan fingerprint density at radius 2 is 2.00 bits per heavy atom. The quantitative estimate of drug-likeness (QED) is 0.837. The summed E-state index contributed by atoms with van der Waals surface area (Å²) >= 11 is 1.88. The van der Waals surface area contributed by atoms with Gasteiger partial charge in [0.1, 0.15) is 0 Å². The van der Waals surface area contributed by atoms with E-state index < -0.39 is 0 Å². The van der Waals surface area contributed by atoms with Crippen molar-refractivity contribution in [1.29, 1.82) is 0 Å². The van der Waals surface area contributed by atoms with Gasteiger partial charge in [-0.2, -0.15) is 0 Å². The van der Waals surface area contributed by atoms with Gasteiger partial charge in [0.2, 0.25) is 0 Å². The fourth-order valence-corrected chi connectivity index (χ4v) is 3.51. The van der Waals surface area contributed by atoms with Crippen molar-refractivity contribution in [3.8, 4) is 0 Å². The summed E-state index contributed by atoms with van der Waals surface area (Å²) in [5, 5.41) is 3.46. The summed E-state index contributed by atoms with van der Waals surface area (Å²) < 4.78 is 6.11. The lowest BCUT2D eigenvalue weighted by Crippen LogP contribution is -2.25. The predicted octanol–water partition coefficient (Wildman–Crippen LogP) is 4.34. The van der Waals surface area contributed by atoms with Gasteiger partial charge in [-0.25, -0.2) is 0 Å². The molecule has 0 aromatic carbocycles. The smallest absolute Gasteiger partial charge is 0.0813 e. The lowest BCUT2D eigenvalue weighted by molar-refractivity contribution is -0.0143. The molecule has 2 rings (SSSR count). The number of thiophene rings is 1. The molecular weight excluding hydrogens is 254 g/mol. The van der Waals surface area contributed by atoms with Crippen LogP contribution in [0, 0.1) is 5.92 Å². The van der Waals surface area contributed by atoms with E-state index in [-0.39, 0.29) is 0 Å². The van der Waals surface area contributed by atoms with Crippen molar-refractivity contribution >= 4 is 11.3 Å². The van der Waals surface area contributed by atoms with Gasteiger partial charge in [0, 0.05) is 22.3 Å². The van der Waals surface area contributed by atoms with Crippen molar-refractivity contribution < 1.29 is 4.74 Å². The predicted molar refractivity (Wildman–Crippen MR) is 82.5 cm³/mol. The largest absolute Gasteiger partial charge is 0.372 e. The van der Waals surface area contributed by atoms with Crippen molar-refractivity contribution in [2.24, 2.45) is 5.92 Å². The van der Waals surface area contributed by atoms with Crippen molar-refractivity contribution in [3.05, 3.63) is 21.9 Å². The Bertz CT molecular complexity index is 375. The van der Waals surface area contributed by atoms with Gasteiger partial charge in [0.15, 0.2) is 0 Å². The van der Waals surface area contributed by atoms with E-state index in [4.69, 9.17) is 4.74 Å². The Morgan fingerprint density at radius 3 is 2.74 bits per heavy atom. The first-order valence-corrected chi connectivity index (χ1v) is 8.39. The van der Waals surface area contributed by atoms with E-state index in [9.17, 15) is 0 Å². The molecule has 1 heterocycles. The zero-order valence-corrected chi connectivity index (χ0v) is 13.3. The molecule has 1 aliphatic rings. The van der Waals surface area contributed by atoms with Crippen LogP contribution < -0.4 is 5.32 Å². The molecule has 1 aliphatic carbocycles. The second kappa shape index (κ2) is 7.41. The molecule has 1 fully saturated rings. The summed E-state index contributed by atoms with van der Waals surface area (Å²) in [6.45, 7) is 8.46. The van der Waals surface area contributed by atoms with E-state index in [0.29, 0.717) is 12.1 Å². The average Bonchev–Trinajstić information content (AvgIpc) is 2.83. The van der Waals surface area contributed by atoms with Crippen molar-refractivity contribution in [2.45, 2.75) is 71.8 Å². The molecule has 19 heavy (non-hydrogen) atoms. The van der Waals surface area contributed by atoms with Crippen molar-refractivity contribution in [1.82, 2.24) is 5.32 Å². The maximum atomic E-state index is 6.11. The molecule has 0 radical (unpaired) electrons. The van der Waals surface area contributed by atoms with E-state index in [2.05, 4.69) is 38.2 Å². The highest BCUT2D eigenvalue weighted by molar-refractivity contribution is 7.11. The Balaban J connectivity index is 1.76. The van der Waals surface area contributed by atoms with Gasteiger partial charge in [-0.1, -0.05) is 33.6 Å². The van der Waals surface area contributed by atoms with E-state index >= 15 is 0 Å². The van der Waals surface area contributed by atoms with Crippen LogP contribution in [0.15, 0.2) is 12.1 Å². The first-order chi connectivity index (χ1) is 9.15. The number of hydrogen-bond donors (Lipinski definition) is 1. The normalized spacial score (nSPS) is 24.0. The first kappa shape index (κ1) is 15.0. The van der Waals surface area contributed by atoms with Gasteiger partial charge in [-0.15, -0.1) is 11.3 Å². The zero-order valence-electron chi connectivity index (χ0n) is 12.4. The van der Waals surface area contributed by atoms with Gasteiger partial charge in [-0.3, -0.25) is 0 Å². The third kappa shape index (κ3) is 4.90. The monoisotopic (exact) mass is 281 g/mol. The molecule has 0 saturated heterocycles. The number of rotatable bonds is 6. The summed E-state index contributed by atoms with van der Waals surface area (Å²) in [7, 11) is 0. The third-order valence-electron chi connectivity index (χ3n) is 3.87. The molecule has 108 valence electrons. The fourth-order valence-electron chi connectivity index (χ4n) is 2.62. The minimum absolute atomic E-state index is 0.480. The minimum Gasteiger partial charge on any atom is -0.372 e. The average molecular weight is 281 g/mol. The van der Waals surface area contributed by atoms with Crippen LogP contribution >= 0.6 is 11.3 Å². The van der Waals surface area contributed by atoms with E-state index in [1.54, 1.807) is 0 Å². The molecule has 1 saturated carbocycles. The molecule has 2 atom stereocenters. The third-order valence-corrected chi connectivity index (χ3v) is 4.93. The molecule has 1 aromatic rings. The van der Waals surface area contributed by atoms with Crippen LogP contribution in [0.3, 0.4) is 0 Å². The molecule has 2 unspecified atom stereocenters. The summed E-state index contributed by atoms with van der Waals surface area (Å²) in [6.07, 6.45) is 5.77. The first-order valence-electron chi connectivity index (χ1n) is 7.57. The van der Waals surface area contributed by atoms with Gasteiger partial charge < -0.3 is 10.1 Å². The zero-order chi connectivity index (χ0) is 13.7. The van der Waals surface area contributed by atoms with Crippen LogP contribution in [0.25, 0.3) is 0 Å². The highest BCUT2D eigenvalue weighted by atomic mass is 32.1. The summed E-state index contributed by atoms with van der Waals surface area (Å²) in [4.78, 5) is 2.77. The summed E-state index contributed by atoms with van der Waals surface area (Å²) in [5.41, 5.74) is 0. The van der Waals surface area contributed by atoms with Crippen LogP contribution in [-0.2, 0) is 17.9 Å². The fraction of sp³-hybridized carbons (Fsp3) is 0.750. The second-order valence-corrected chi connectivity index (χ2v) is 7.27. The van der Waals surface area contributed by atoms with Gasteiger partial charge in [0.25, 0.3) is 0 Å². The van der Waals surface area contributed by atoms with Gasteiger partial charge >= 0.3 is 0 Å². The molecule has 3 heteroatoms. The van der Waals surface area contributed by atoms with Crippen LogP contribution in [0.1, 0.15) is 56.2 Å². The Labute approximate surface area is 121 Å². The summed E-state index contributed by atoms with van der Waals surface area (Å²) in [6, 6.07) is 4.99. The molecule has 0 bridgehead atoms. The number of ether oxygens (including phenoxy) is 1. The van der Waals surface area contributed by atoms with Gasteiger partial charge in [-0.05, 0) is 30.9 Å². The van der Waals surface area contributed by atoms with Gasteiger partial charge in [0.05, 0.1) is 12.7 Å². The standard InChI is InChI=1S/C16H27NOS/c1-12(2)17-10-14-8-9-15(19-14)11-18-16-7-5-4-6-13(16)3/h8-9,12-13,16-17H,4-7,10-11H2,1-3H3. The Morgan fingerprint density at radius 1 is 1.26 bits per heavy atom. The van der Waals surface area contributed by atoms with Crippen LogP contribution in [0.2, 0.25) is 0 Å². The molecule has 1 aromatic heterocycles. The molecule has 0 aliphatic heterocycles. The lowest BCUT2D eigenvalue weighted by Gasteiger charge is -2.28. The molecule has 0 amide bonds. The molecule has 0 spiro atoms. The number of hydrogen-bond acceptors (Lipinski definition) is 3. The van der Waals surface area contributed by atoms with Crippen LogP contribution in [0.5, 0.6) is 0 Å². The minimum atomic E-state index is 0.480. The summed E-state index contributed by atoms with van der Waals surface area (Å²) in [5.74, 6) is 0.732. The topological polar surface area (TPSA) is 21.3 Å². The number of nitrogens with one attached hydrogen (secondary N) is 1. The van der Waals surface area contributed by atoms with Crippen molar-refractivity contribution in [2.75, 3.05) is 0 Å². The van der Waals surface area contributed by atoms with E-state index in [1.807, 2.05) is 11.3 Å². The second-order valence-electron chi connectivity index (χ2n) is 6.01. The molecule has 2 nitrogen and oxygen atoms in total. The Hall–Kier alpha value is -0.380. The Kier molecular flexibility index (Phi) is 5.86. The lowest BCUT2D eigenvalue weighted by atomic mass is 9.88. The SMILES string of the molecule is CC(C)NCc1ccc(COC2CCCCC2C)s1. The van der Waals surface area contributed by atoms with E-state index in [1.165, 1.54) is 35.4 Å². The molecular formula is C16H27NOS. The van der Waals surface area contributed by atoms with E-state index in [0.717, 1.165) is 19.1 Å². The van der Waals surface area contributed by atoms with Crippen molar-refractivity contribution in [3.63, 3.8) is 0 Å². The highest BCUT2D eigenvalue weighted by Crippen LogP contribution is 2.28. The highest BCUT2D eigenvalue weighted by Gasteiger charge is 2.21.